The van der Waals surface area contributed by atoms with E-state index >= 15 is 0 Å². The van der Waals surface area contributed by atoms with Gasteiger partial charge >= 0.3 is 0 Å². The molecule has 0 aromatic heterocycles. The second kappa shape index (κ2) is 4.49. The summed E-state index contributed by atoms with van der Waals surface area (Å²) in [7, 11) is 0. The van der Waals surface area contributed by atoms with Crippen LogP contribution in [0.3, 0.4) is 0 Å². The maximum absolute atomic E-state index is 11.9. The minimum atomic E-state index is 0.00194. The summed E-state index contributed by atoms with van der Waals surface area (Å²) in [6, 6.07) is 7.83. The molecule has 0 radical (unpaired) electrons. The van der Waals surface area contributed by atoms with Crippen LogP contribution in [0.2, 0.25) is 0 Å². The molecule has 2 N–H and O–H groups in total. The number of carbonyl (C=O) groups excluding carboxylic acids is 1. The third kappa shape index (κ3) is 2.31. The standard InChI is InChI=1S/C13H16N2O/c1-9-4-3-5-12(6-9)15-13(16)10(2)11-7-14-8-11/h3-6,14H,7-8H2,1-2H3,(H,15,16). The van der Waals surface area contributed by atoms with Crippen LogP contribution in [-0.4, -0.2) is 19.0 Å². The molecule has 1 heterocycles. The summed E-state index contributed by atoms with van der Waals surface area (Å²) in [5.74, 6) is 0.00194. The Morgan fingerprint density at radius 3 is 2.69 bits per heavy atom. The molecule has 0 atom stereocenters. The number of rotatable bonds is 2. The predicted molar refractivity (Wildman–Crippen MR) is 65.4 cm³/mol. The quantitative estimate of drug-likeness (QED) is 0.741. The highest BCUT2D eigenvalue weighted by atomic mass is 16.1. The Balaban J connectivity index is 2.07. The molecule has 1 aliphatic heterocycles. The number of hydrogen-bond donors (Lipinski definition) is 2. The van der Waals surface area contributed by atoms with E-state index in [9.17, 15) is 4.79 Å². The molecule has 16 heavy (non-hydrogen) atoms. The normalized spacial score (nSPS) is 14.2. The molecule has 0 unspecified atom stereocenters. The van der Waals surface area contributed by atoms with E-state index in [-0.39, 0.29) is 5.91 Å². The monoisotopic (exact) mass is 216 g/mol. The molecule has 1 aromatic carbocycles. The number of hydrogen-bond acceptors (Lipinski definition) is 2. The fourth-order valence-electron chi connectivity index (χ4n) is 1.62. The zero-order chi connectivity index (χ0) is 11.5. The molecule has 1 saturated heterocycles. The third-order valence-corrected chi connectivity index (χ3v) is 2.82. The van der Waals surface area contributed by atoms with Crippen molar-refractivity contribution in [2.75, 3.05) is 18.4 Å². The van der Waals surface area contributed by atoms with Gasteiger partial charge in [0, 0.05) is 24.4 Å². The second-order valence-electron chi connectivity index (χ2n) is 4.16. The average molecular weight is 216 g/mol. The van der Waals surface area contributed by atoms with Crippen molar-refractivity contribution in [1.82, 2.24) is 5.32 Å². The van der Waals surface area contributed by atoms with Gasteiger partial charge in [0.1, 0.15) is 0 Å². The fraction of sp³-hybridized carbons (Fsp3) is 0.308. The Hall–Kier alpha value is -1.61. The number of nitrogens with one attached hydrogen (secondary N) is 2. The van der Waals surface area contributed by atoms with E-state index in [0.29, 0.717) is 0 Å². The van der Waals surface area contributed by atoms with Crippen molar-refractivity contribution in [3.05, 3.63) is 41.0 Å². The summed E-state index contributed by atoms with van der Waals surface area (Å²) in [5.41, 5.74) is 4.04. The first-order valence-electron chi connectivity index (χ1n) is 5.44. The van der Waals surface area contributed by atoms with E-state index in [1.165, 1.54) is 5.57 Å². The van der Waals surface area contributed by atoms with Crippen LogP contribution in [0, 0.1) is 6.92 Å². The zero-order valence-corrected chi connectivity index (χ0v) is 9.63. The van der Waals surface area contributed by atoms with Crippen molar-refractivity contribution < 1.29 is 4.79 Å². The van der Waals surface area contributed by atoms with Gasteiger partial charge in [-0.1, -0.05) is 12.1 Å². The maximum atomic E-state index is 11.9. The number of carbonyl (C=O) groups is 1. The number of aryl methyl sites for hydroxylation is 1. The van der Waals surface area contributed by atoms with Crippen LogP contribution in [0.5, 0.6) is 0 Å². The molecule has 2 rings (SSSR count). The topological polar surface area (TPSA) is 41.1 Å². The lowest BCUT2D eigenvalue weighted by molar-refractivity contribution is -0.112. The van der Waals surface area contributed by atoms with Gasteiger partial charge in [-0.15, -0.1) is 0 Å². The Morgan fingerprint density at radius 1 is 1.38 bits per heavy atom. The van der Waals surface area contributed by atoms with Crippen LogP contribution in [0.15, 0.2) is 35.4 Å². The van der Waals surface area contributed by atoms with Gasteiger partial charge in [-0.05, 0) is 37.1 Å². The molecule has 0 bridgehead atoms. The third-order valence-electron chi connectivity index (χ3n) is 2.82. The van der Waals surface area contributed by atoms with Gasteiger partial charge in [-0.2, -0.15) is 0 Å². The van der Waals surface area contributed by atoms with Gasteiger partial charge in [0.2, 0.25) is 0 Å². The Morgan fingerprint density at radius 2 is 2.12 bits per heavy atom. The summed E-state index contributed by atoms with van der Waals surface area (Å²) in [6.45, 7) is 5.57. The van der Waals surface area contributed by atoms with E-state index in [0.717, 1.165) is 29.9 Å². The molecule has 0 aliphatic carbocycles. The molecule has 3 nitrogen and oxygen atoms in total. The fourth-order valence-corrected chi connectivity index (χ4v) is 1.62. The van der Waals surface area contributed by atoms with Crippen LogP contribution in [-0.2, 0) is 4.79 Å². The summed E-state index contributed by atoms with van der Waals surface area (Å²) in [5, 5.41) is 6.04. The Bertz CT molecular complexity index is 443. The van der Waals surface area contributed by atoms with Gasteiger partial charge in [0.25, 0.3) is 5.91 Å². The van der Waals surface area contributed by atoms with Crippen molar-refractivity contribution in [2.45, 2.75) is 13.8 Å². The Labute approximate surface area is 95.6 Å². The summed E-state index contributed by atoms with van der Waals surface area (Å²) < 4.78 is 0. The minimum absolute atomic E-state index is 0.00194. The zero-order valence-electron chi connectivity index (χ0n) is 9.63. The predicted octanol–water partition coefficient (Wildman–Crippen LogP) is 1.85. The van der Waals surface area contributed by atoms with Crippen molar-refractivity contribution in [3.63, 3.8) is 0 Å². The molecule has 0 saturated carbocycles. The molecule has 1 amide bonds. The highest BCUT2D eigenvalue weighted by molar-refractivity contribution is 6.04. The summed E-state index contributed by atoms with van der Waals surface area (Å²) in [4.78, 5) is 11.9. The molecule has 84 valence electrons. The van der Waals surface area contributed by atoms with Gasteiger partial charge < -0.3 is 10.6 Å². The highest BCUT2D eigenvalue weighted by Crippen LogP contribution is 2.14. The van der Waals surface area contributed by atoms with Crippen LogP contribution in [0.4, 0.5) is 5.69 Å². The van der Waals surface area contributed by atoms with E-state index in [1.807, 2.05) is 38.1 Å². The molecule has 3 heteroatoms. The average Bonchev–Trinajstić information content (AvgIpc) is 2.14. The van der Waals surface area contributed by atoms with Crippen LogP contribution >= 0.6 is 0 Å². The number of anilines is 1. The molecule has 1 aromatic rings. The van der Waals surface area contributed by atoms with Gasteiger partial charge in [0.15, 0.2) is 0 Å². The number of benzene rings is 1. The second-order valence-corrected chi connectivity index (χ2v) is 4.16. The van der Waals surface area contributed by atoms with Gasteiger partial charge in [0.05, 0.1) is 0 Å². The molecular weight excluding hydrogens is 200 g/mol. The van der Waals surface area contributed by atoms with Crippen molar-refractivity contribution in [3.8, 4) is 0 Å². The van der Waals surface area contributed by atoms with Crippen molar-refractivity contribution >= 4 is 11.6 Å². The smallest absolute Gasteiger partial charge is 0.251 e. The first-order chi connectivity index (χ1) is 7.66. The lowest BCUT2D eigenvalue weighted by Gasteiger charge is -2.21. The molecule has 1 fully saturated rings. The summed E-state index contributed by atoms with van der Waals surface area (Å²) in [6.07, 6.45) is 0. The van der Waals surface area contributed by atoms with Gasteiger partial charge in [-0.3, -0.25) is 4.79 Å². The highest BCUT2D eigenvalue weighted by Gasteiger charge is 2.15. The molecular formula is C13H16N2O. The van der Waals surface area contributed by atoms with Crippen molar-refractivity contribution in [2.24, 2.45) is 0 Å². The van der Waals surface area contributed by atoms with Crippen molar-refractivity contribution in [1.29, 1.82) is 0 Å². The van der Waals surface area contributed by atoms with E-state index in [2.05, 4.69) is 10.6 Å². The molecule has 1 aliphatic rings. The van der Waals surface area contributed by atoms with E-state index < -0.39 is 0 Å². The van der Waals surface area contributed by atoms with Crippen LogP contribution in [0.1, 0.15) is 12.5 Å². The molecule has 0 spiro atoms. The lowest BCUT2D eigenvalue weighted by atomic mass is 10.0. The number of amides is 1. The first kappa shape index (κ1) is 10.9. The van der Waals surface area contributed by atoms with Crippen LogP contribution < -0.4 is 10.6 Å². The maximum Gasteiger partial charge on any atom is 0.251 e. The SMILES string of the molecule is CC(C(=O)Nc1cccc(C)c1)=C1CNC1. The van der Waals surface area contributed by atoms with Crippen LogP contribution in [0.25, 0.3) is 0 Å². The lowest BCUT2D eigenvalue weighted by Crippen LogP contribution is -2.36. The Kier molecular flexibility index (Phi) is 3.06. The minimum Gasteiger partial charge on any atom is -0.322 e. The van der Waals surface area contributed by atoms with E-state index in [4.69, 9.17) is 0 Å². The van der Waals surface area contributed by atoms with Gasteiger partial charge in [-0.25, -0.2) is 0 Å². The largest absolute Gasteiger partial charge is 0.322 e. The first-order valence-corrected chi connectivity index (χ1v) is 5.44. The van der Waals surface area contributed by atoms with E-state index in [1.54, 1.807) is 0 Å². The summed E-state index contributed by atoms with van der Waals surface area (Å²) >= 11 is 0.